The Bertz CT molecular complexity index is 1210. The number of halogens is 1. The number of amides is 1. The Morgan fingerprint density at radius 3 is 2.69 bits per heavy atom. The molecule has 0 atom stereocenters. The molecule has 1 saturated heterocycles. The van der Waals surface area contributed by atoms with E-state index in [0.717, 1.165) is 81.0 Å². The van der Waals surface area contributed by atoms with Crippen molar-refractivity contribution >= 4 is 28.1 Å². The Morgan fingerprint density at radius 2 is 1.91 bits per heavy atom. The minimum absolute atomic E-state index is 0.220. The van der Waals surface area contributed by atoms with Gasteiger partial charge in [0.1, 0.15) is 11.6 Å². The predicted octanol–water partition coefficient (Wildman–Crippen LogP) is 4.53. The molecule has 2 aliphatic rings. The number of aromatic amines is 1. The van der Waals surface area contributed by atoms with E-state index in [1.165, 1.54) is 17.2 Å². The number of anilines is 1. The fourth-order valence-corrected chi connectivity index (χ4v) is 5.22. The highest BCUT2D eigenvalue weighted by atomic mass is 19.1. The summed E-state index contributed by atoms with van der Waals surface area (Å²) < 4.78 is 19.0. The molecule has 5 rings (SSSR count). The normalized spacial score (nSPS) is 17.0. The number of carbonyl (C=O) groups is 1. The molecular formula is C28H33FN4O2. The van der Waals surface area contributed by atoms with Crippen molar-refractivity contribution in [3.8, 4) is 5.75 Å². The summed E-state index contributed by atoms with van der Waals surface area (Å²) in [6.07, 6.45) is 6.69. The SMILES string of the molecule is COc1ccccc1N1CCN(C(=O)CCCN2CC=C(c3c[nH]c4cc(F)ccc34)CC2)CC1. The first kappa shape index (κ1) is 23.4. The Kier molecular flexibility index (Phi) is 7.04. The highest BCUT2D eigenvalue weighted by Gasteiger charge is 2.23. The van der Waals surface area contributed by atoms with Gasteiger partial charge in [-0.2, -0.15) is 0 Å². The zero-order valence-electron chi connectivity index (χ0n) is 20.3. The summed E-state index contributed by atoms with van der Waals surface area (Å²) in [7, 11) is 1.70. The van der Waals surface area contributed by atoms with Crippen molar-refractivity contribution in [1.82, 2.24) is 14.8 Å². The molecule has 35 heavy (non-hydrogen) atoms. The molecule has 0 aliphatic carbocycles. The highest BCUT2D eigenvalue weighted by Crippen LogP contribution is 2.30. The second-order valence-electron chi connectivity index (χ2n) is 9.32. The molecule has 184 valence electrons. The first-order valence-corrected chi connectivity index (χ1v) is 12.5. The molecule has 0 bridgehead atoms. The number of methoxy groups -OCH3 is 1. The average molecular weight is 477 g/mol. The molecule has 3 heterocycles. The van der Waals surface area contributed by atoms with Gasteiger partial charge in [-0.25, -0.2) is 4.39 Å². The van der Waals surface area contributed by atoms with Crippen molar-refractivity contribution in [2.45, 2.75) is 19.3 Å². The van der Waals surface area contributed by atoms with Crippen LogP contribution in [-0.4, -0.2) is 73.6 Å². The van der Waals surface area contributed by atoms with Gasteiger partial charge < -0.3 is 19.5 Å². The molecule has 0 spiro atoms. The van der Waals surface area contributed by atoms with E-state index in [4.69, 9.17) is 4.74 Å². The Morgan fingerprint density at radius 1 is 1.09 bits per heavy atom. The highest BCUT2D eigenvalue weighted by molar-refractivity contribution is 5.92. The maximum Gasteiger partial charge on any atom is 0.222 e. The number of ether oxygens (including phenoxy) is 1. The van der Waals surface area contributed by atoms with Gasteiger partial charge >= 0.3 is 0 Å². The summed E-state index contributed by atoms with van der Waals surface area (Å²) in [5.41, 5.74) is 4.41. The van der Waals surface area contributed by atoms with Crippen LogP contribution in [0.5, 0.6) is 5.75 Å². The minimum Gasteiger partial charge on any atom is -0.495 e. The number of rotatable bonds is 7. The zero-order chi connectivity index (χ0) is 24.2. The van der Waals surface area contributed by atoms with Crippen molar-refractivity contribution in [2.24, 2.45) is 0 Å². The molecular weight excluding hydrogens is 443 g/mol. The molecule has 0 unspecified atom stereocenters. The van der Waals surface area contributed by atoms with Crippen LogP contribution < -0.4 is 9.64 Å². The van der Waals surface area contributed by atoms with Crippen molar-refractivity contribution < 1.29 is 13.9 Å². The molecule has 1 amide bonds. The van der Waals surface area contributed by atoms with Crippen LogP contribution in [0, 0.1) is 5.82 Å². The number of hydrogen-bond acceptors (Lipinski definition) is 4. The second kappa shape index (κ2) is 10.5. The lowest BCUT2D eigenvalue weighted by molar-refractivity contribution is -0.131. The van der Waals surface area contributed by atoms with Gasteiger partial charge in [0.05, 0.1) is 12.8 Å². The first-order valence-electron chi connectivity index (χ1n) is 12.5. The molecule has 7 heteroatoms. The van der Waals surface area contributed by atoms with Crippen LogP contribution in [-0.2, 0) is 4.79 Å². The maximum atomic E-state index is 13.5. The standard InChI is InChI=1S/C28H33FN4O2/c1-35-27-6-3-2-5-26(27)32-15-17-33(18-16-32)28(34)7-4-12-31-13-10-21(11-14-31)24-20-30-25-19-22(29)8-9-23(24)25/h2-3,5-6,8-10,19-20,30H,4,7,11-18H2,1H3. The number of para-hydroxylation sites is 2. The van der Waals surface area contributed by atoms with Crippen LogP contribution in [0.1, 0.15) is 24.8 Å². The van der Waals surface area contributed by atoms with Crippen LogP contribution in [0.25, 0.3) is 16.5 Å². The Labute approximate surface area is 206 Å². The molecule has 0 saturated carbocycles. The van der Waals surface area contributed by atoms with Gasteiger partial charge in [-0.3, -0.25) is 9.69 Å². The minimum atomic E-state index is -0.220. The van der Waals surface area contributed by atoms with Crippen LogP contribution in [0.3, 0.4) is 0 Å². The third-order valence-electron chi connectivity index (χ3n) is 7.21. The van der Waals surface area contributed by atoms with E-state index in [9.17, 15) is 9.18 Å². The number of carbonyl (C=O) groups excluding carboxylic acids is 1. The topological polar surface area (TPSA) is 51.8 Å². The molecule has 1 aromatic heterocycles. The summed E-state index contributed by atoms with van der Waals surface area (Å²) in [4.78, 5) is 22.7. The van der Waals surface area contributed by atoms with Gasteiger partial charge in [0.2, 0.25) is 5.91 Å². The largest absolute Gasteiger partial charge is 0.495 e. The van der Waals surface area contributed by atoms with Crippen LogP contribution in [0.15, 0.2) is 54.7 Å². The zero-order valence-corrected chi connectivity index (χ0v) is 20.3. The van der Waals surface area contributed by atoms with Crippen molar-refractivity contribution in [1.29, 1.82) is 0 Å². The third-order valence-corrected chi connectivity index (χ3v) is 7.21. The number of nitrogens with one attached hydrogen (secondary N) is 1. The molecule has 2 aromatic carbocycles. The quantitative estimate of drug-likeness (QED) is 0.544. The van der Waals surface area contributed by atoms with Crippen LogP contribution in [0.4, 0.5) is 10.1 Å². The van der Waals surface area contributed by atoms with Gasteiger partial charge in [0.15, 0.2) is 0 Å². The van der Waals surface area contributed by atoms with Gasteiger partial charge in [0, 0.05) is 68.4 Å². The van der Waals surface area contributed by atoms with E-state index in [0.29, 0.717) is 6.42 Å². The number of H-pyrrole nitrogens is 1. The fourth-order valence-electron chi connectivity index (χ4n) is 5.22. The van der Waals surface area contributed by atoms with Crippen molar-refractivity contribution in [2.75, 3.05) is 57.8 Å². The predicted molar refractivity (Wildman–Crippen MR) is 138 cm³/mol. The van der Waals surface area contributed by atoms with Gasteiger partial charge in [-0.05, 0) is 55.3 Å². The van der Waals surface area contributed by atoms with Crippen molar-refractivity contribution in [3.63, 3.8) is 0 Å². The number of nitrogens with zero attached hydrogens (tertiary/aromatic N) is 3. The van der Waals surface area contributed by atoms with Gasteiger partial charge in [0.25, 0.3) is 0 Å². The molecule has 6 nitrogen and oxygen atoms in total. The van der Waals surface area contributed by atoms with Gasteiger partial charge in [-0.15, -0.1) is 0 Å². The smallest absolute Gasteiger partial charge is 0.222 e. The van der Waals surface area contributed by atoms with E-state index in [2.05, 4.69) is 26.9 Å². The Hall–Kier alpha value is -3.32. The van der Waals surface area contributed by atoms with E-state index < -0.39 is 0 Å². The summed E-state index contributed by atoms with van der Waals surface area (Å²) >= 11 is 0. The van der Waals surface area contributed by atoms with E-state index >= 15 is 0 Å². The van der Waals surface area contributed by atoms with E-state index in [1.807, 2.05) is 35.4 Å². The Balaban J connectivity index is 1.07. The molecule has 3 aromatic rings. The molecule has 1 fully saturated rings. The number of fused-ring (bicyclic) bond motifs is 1. The first-order chi connectivity index (χ1) is 17.1. The average Bonchev–Trinajstić information content (AvgIpc) is 3.32. The maximum absolute atomic E-state index is 13.5. The van der Waals surface area contributed by atoms with Crippen LogP contribution >= 0.6 is 0 Å². The number of benzene rings is 2. The lowest BCUT2D eigenvalue weighted by atomic mass is 9.99. The molecule has 1 N–H and O–H groups in total. The number of hydrogen-bond donors (Lipinski definition) is 1. The lowest BCUT2D eigenvalue weighted by Crippen LogP contribution is -2.49. The summed E-state index contributed by atoms with van der Waals surface area (Å²) in [6, 6.07) is 13.0. The fraction of sp³-hybridized carbons (Fsp3) is 0.393. The summed E-state index contributed by atoms with van der Waals surface area (Å²) in [5.74, 6) is 0.913. The third kappa shape index (κ3) is 5.20. The van der Waals surface area contributed by atoms with E-state index in [1.54, 1.807) is 13.2 Å². The van der Waals surface area contributed by atoms with Crippen molar-refractivity contribution in [3.05, 3.63) is 66.1 Å². The summed E-state index contributed by atoms with van der Waals surface area (Å²) in [5, 5.41) is 1.07. The van der Waals surface area contributed by atoms with Gasteiger partial charge in [-0.1, -0.05) is 18.2 Å². The monoisotopic (exact) mass is 476 g/mol. The van der Waals surface area contributed by atoms with Crippen LogP contribution in [0.2, 0.25) is 0 Å². The number of piperazine rings is 1. The van der Waals surface area contributed by atoms with E-state index in [-0.39, 0.29) is 11.7 Å². The second-order valence-corrected chi connectivity index (χ2v) is 9.32. The molecule has 2 aliphatic heterocycles. The summed E-state index contributed by atoms with van der Waals surface area (Å²) in [6.45, 7) is 5.94. The molecule has 0 radical (unpaired) electrons. The lowest BCUT2D eigenvalue weighted by Gasteiger charge is -2.36. The number of aromatic nitrogens is 1.